The van der Waals surface area contributed by atoms with Gasteiger partial charge in [0.1, 0.15) is 11.5 Å². The predicted octanol–water partition coefficient (Wildman–Crippen LogP) is 4.34. The smallest absolute Gasteiger partial charge is 0.255 e. The van der Waals surface area contributed by atoms with Crippen LogP contribution in [-0.2, 0) is 4.79 Å². The Kier molecular flexibility index (Phi) is 6.34. The summed E-state index contributed by atoms with van der Waals surface area (Å²) in [4.78, 5) is 26.2. The fourth-order valence-electron chi connectivity index (χ4n) is 3.51. The molecule has 0 aliphatic carbocycles. The van der Waals surface area contributed by atoms with Crippen LogP contribution in [0.3, 0.4) is 0 Å². The van der Waals surface area contributed by atoms with Gasteiger partial charge in [-0.1, -0.05) is 44.2 Å². The van der Waals surface area contributed by atoms with Gasteiger partial charge in [0.2, 0.25) is 5.91 Å². The molecule has 1 heterocycles. The van der Waals surface area contributed by atoms with Gasteiger partial charge in [-0.3, -0.25) is 9.59 Å². The number of para-hydroxylation sites is 2. The van der Waals surface area contributed by atoms with Crippen molar-refractivity contribution in [1.82, 2.24) is 10.2 Å². The minimum Gasteiger partial charge on any atom is -0.456 e. The van der Waals surface area contributed by atoms with Crippen LogP contribution in [-0.4, -0.2) is 35.8 Å². The first kappa shape index (κ1) is 19.9. The lowest BCUT2D eigenvalue weighted by Gasteiger charge is -2.31. The van der Waals surface area contributed by atoms with Crippen LogP contribution < -0.4 is 10.1 Å². The Balaban J connectivity index is 1.72. The third-order valence-electron chi connectivity index (χ3n) is 5.17. The molecule has 1 aliphatic rings. The van der Waals surface area contributed by atoms with Crippen LogP contribution in [0, 0.1) is 0 Å². The Morgan fingerprint density at radius 2 is 1.61 bits per heavy atom. The molecule has 3 rings (SSSR count). The number of nitrogens with zero attached hydrogens (tertiary/aromatic N) is 1. The van der Waals surface area contributed by atoms with Gasteiger partial charge in [0.05, 0.1) is 5.56 Å². The summed E-state index contributed by atoms with van der Waals surface area (Å²) in [5.41, 5.74) is 1.63. The minimum absolute atomic E-state index is 0.0686. The van der Waals surface area contributed by atoms with Crippen molar-refractivity contribution in [2.45, 2.75) is 45.6 Å². The molecular formula is C23H28N2O3. The highest BCUT2D eigenvalue weighted by Crippen LogP contribution is 2.32. The van der Waals surface area contributed by atoms with E-state index in [1.807, 2.05) is 47.4 Å². The lowest BCUT2D eigenvalue weighted by molar-refractivity contribution is -0.129. The molecule has 28 heavy (non-hydrogen) atoms. The normalized spacial score (nSPS) is 14.8. The van der Waals surface area contributed by atoms with E-state index in [1.165, 1.54) is 0 Å². The van der Waals surface area contributed by atoms with Gasteiger partial charge in [-0.2, -0.15) is 0 Å². The quantitative estimate of drug-likeness (QED) is 0.839. The standard InChI is InChI=1S/C23H28N2O3/c1-16(2)19-8-4-6-10-21(19)28-22-11-7-5-9-20(22)23(27)24-18-12-14-25(15-13-18)17(3)26/h4-11,16,18H,12-15H2,1-3H3,(H,24,27). The van der Waals surface area contributed by atoms with Crippen molar-refractivity contribution in [3.8, 4) is 11.5 Å². The largest absolute Gasteiger partial charge is 0.456 e. The number of rotatable bonds is 5. The SMILES string of the molecule is CC(=O)N1CCC(NC(=O)c2ccccc2Oc2ccccc2C(C)C)CC1. The summed E-state index contributed by atoms with van der Waals surface area (Å²) in [5.74, 6) is 1.59. The number of ether oxygens (including phenoxy) is 1. The molecule has 2 aromatic carbocycles. The second kappa shape index (κ2) is 8.91. The average Bonchev–Trinajstić information content (AvgIpc) is 2.69. The zero-order valence-corrected chi connectivity index (χ0v) is 16.8. The molecule has 0 atom stereocenters. The number of hydrogen-bond donors (Lipinski definition) is 1. The molecule has 5 heteroatoms. The van der Waals surface area contributed by atoms with E-state index in [2.05, 4.69) is 19.2 Å². The van der Waals surface area contributed by atoms with Crippen LogP contribution in [0.1, 0.15) is 55.5 Å². The summed E-state index contributed by atoms with van der Waals surface area (Å²) in [5, 5.41) is 3.10. The van der Waals surface area contributed by atoms with E-state index in [0.29, 0.717) is 30.3 Å². The second-order valence-electron chi connectivity index (χ2n) is 7.54. The zero-order valence-electron chi connectivity index (χ0n) is 16.8. The van der Waals surface area contributed by atoms with E-state index >= 15 is 0 Å². The fraction of sp³-hybridized carbons (Fsp3) is 0.391. The Morgan fingerprint density at radius 1 is 1.00 bits per heavy atom. The summed E-state index contributed by atoms with van der Waals surface area (Å²) >= 11 is 0. The molecule has 0 unspecified atom stereocenters. The molecule has 2 amide bonds. The topological polar surface area (TPSA) is 58.6 Å². The Bertz CT molecular complexity index is 839. The number of nitrogens with one attached hydrogen (secondary N) is 1. The molecule has 0 radical (unpaired) electrons. The van der Waals surface area contributed by atoms with Crippen molar-refractivity contribution in [1.29, 1.82) is 0 Å². The summed E-state index contributed by atoms with van der Waals surface area (Å²) in [7, 11) is 0. The van der Waals surface area contributed by atoms with Crippen molar-refractivity contribution in [3.63, 3.8) is 0 Å². The van der Waals surface area contributed by atoms with Gasteiger partial charge in [-0.05, 0) is 42.5 Å². The molecule has 0 bridgehead atoms. The maximum absolute atomic E-state index is 12.9. The van der Waals surface area contributed by atoms with E-state index in [9.17, 15) is 9.59 Å². The van der Waals surface area contributed by atoms with E-state index in [1.54, 1.807) is 13.0 Å². The minimum atomic E-state index is -0.140. The highest BCUT2D eigenvalue weighted by molar-refractivity contribution is 5.97. The van der Waals surface area contributed by atoms with Gasteiger partial charge >= 0.3 is 0 Å². The molecule has 0 saturated carbocycles. The lowest BCUT2D eigenvalue weighted by Crippen LogP contribution is -2.46. The third kappa shape index (κ3) is 4.71. The van der Waals surface area contributed by atoms with Gasteiger partial charge in [0.15, 0.2) is 0 Å². The van der Waals surface area contributed by atoms with Crippen molar-refractivity contribution in [2.75, 3.05) is 13.1 Å². The molecule has 1 fully saturated rings. The third-order valence-corrected chi connectivity index (χ3v) is 5.17. The van der Waals surface area contributed by atoms with Crippen LogP contribution in [0.15, 0.2) is 48.5 Å². The number of carbonyl (C=O) groups is 2. The Hall–Kier alpha value is -2.82. The molecular weight excluding hydrogens is 352 g/mol. The molecule has 0 spiro atoms. The summed E-state index contributed by atoms with van der Waals surface area (Å²) < 4.78 is 6.15. The molecule has 1 aliphatic heterocycles. The summed E-state index contributed by atoms with van der Waals surface area (Å²) in [6.45, 7) is 7.18. The van der Waals surface area contributed by atoms with E-state index in [0.717, 1.165) is 24.2 Å². The van der Waals surface area contributed by atoms with Crippen molar-refractivity contribution in [3.05, 3.63) is 59.7 Å². The first-order chi connectivity index (χ1) is 13.5. The van der Waals surface area contributed by atoms with Crippen LogP contribution >= 0.6 is 0 Å². The van der Waals surface area contributed by atoms with Crippen molar-refractivity contribution < 1.29 is 14.3 Å². The summed E-state index contributed by atoms with van der Waals surface area (Å²) in [6, 6.07) is 15.3. The van der Waals surface area contributed by atoms with Crippen LogP contribution in [0.4, 0.5) is 0 Å². The number of amides is 2. The first-order valence-corrected chi connectivity index (χ1v) is 9.88. The van der Waals surface area contributed by atoms with E-state index in [4.69, 9.17) is 4.74 Å². The van der Waals surface area contributed by atoms with Crippen molar-refractivity contribution in [2.24, 2.45) is 0 Å². The van der Waals surface area contributed by atoms with Gasteiger partial charge in [-0.15, -0.1) is 0 Å². The zero-order chi connectivity index (χ0) is 20.1. The highest BCUT2D eigenvalue weighted by Gasteiger charge is 2.23. The highest BCUT2D eigenvalue weighted by atomic mass is 16.5. The molecule has 0 aromatic heterocycles. The molecule has 5 nitrogen and oxygen atoms in total. The number of benzene rings is 2. The van der Waals surface area contributed by atoms with Gasteiger partial charge < -0.3 is 15.0 Å². The number of likely N-dealkylation sites (tertiary alicyclic amines) is 1. The Morgan fingerprint density at radius 3 is 2.25 bits per heavy atom. The van der Waals surface area contributed by atoms with Crippen LogP contribution in [0.25, 0.3) is 0 Å². The maximum Gasteiger partial charge on any atom is 0.255 e. The predicted molar refractivity (Wildman–Crippen MR) is 110 cm³/mol. The van der Waals surface area contributed by atoms with E-state index < -0.39 is 0 Å². The van der Waals surface area contributed by atoms with Gasteiger partial charge in [0.25, 0.3) is 5.91 Å². The van der Waals surface area contributed by atoms with Crippen LogP contribution in [0.5, 0.6) is 11.5 Å². The number of piperidine rings is 1. The van der Waals surface area contributed by atoms with Crippen LogP contribution in [0.2, 0.25) is 0 Å². The molecule has 1 N–H and O–H groups in total. The first-order valence-electron chi connectivity index (χ1n) is 9.88. The number of hydrogen-bond acceptors (Lipinski definition) is 3. The van der Waals surface area contributed by atoms with Gasteiger partial charge in [0, 0.05) is 26.1 Å². The molecule has 2 aromatic rings. The lowest BCUT2D eigenvalue weighted by atomic mass is 10.0. The molecule has 1 saturated heterocycles. The van der Waals surface area contributed by atoms with Gasteiger partial charge in [-0.25, -0.2) is 0 Å². The average molecular weight is 380 g/mol. The van der Waals surface area contributed by atoms with Crippen molar-refractivity contribution >= 4 is 11.8 Å². The fourth-order valence-corrected chi connectivity index (χ4v) is 3.51. The Labute approximate surface area is 166 Å². The molecule has 148 valence electrons. The number of carbonyl (C=O) groups excluding carboxylic acids is 2. The second-order valence-corrected chi connectivity index (χ2v) is 7.54. The monoisotopic (exact) mass is 380 g/mol. The maximum atomic E-state index is 12.9. The van der Waals surface area contributed by atoms with E-state index in [-0.39, 0.29) is 17.9 Å². The summed E-state index contributed by atoms with van der Waals surface area (Å²) in [6.07, 6.45) is 1.54.